The van der Waals surface area contributed by atoms with Crippen LogP contribution < -0.4 is 9.41 Å². The van der Waals surface area contributed by atoms with Crippen LogP contribution >= 0.6 is 0 Å². The van der Waals surface area contributed by atoms with Crippen molar-refractivity contribution in [3.63, 3.8) is 0 Å². The molecule has 0 atom stereocenters. The summed E-state index contributed by atoms with van der Waals surface area (Å²) < 4.78 is 0. The molecule has 0 heterocycles. The van der Waals surface area contributed by atoms with Gasteiger partial charge in [0.2, 0.25) is 0 Å². The fourth-order valence-electron chi connectivity index (χ4n) is 0. The second-order valence-electron chi connectivity index (χ2n) is 0. The quantitative estimate of drug-likeness (QED) is 0.389. The Hall–Kier alpha value is 0.742. The Bertz CT molecular complexity index is 6.00. The van der Waals surface area contributed by atoms with Crippen LogP contribution in [-0.2, 0) is 0 Å². The molecule has 0 aliphatic heterocycles. The van der Waals surface area contributed by atoms with Crippen molar-refractivity contribution >= 4 is 27.3 Å². The molecule has 0 aliphatic rings. The molecule has 0 aromatic rings. The molecular formula is H2F2OPb. The van der Waals surface area contributed by atoms with E-state index >= 15 is 0 Å². The normalized spacial score (nSPS) is 0. The van der Waals surface area contributed by atoms with E-state index in [4.69, 9.17) is 0 Å². The van der Waals surface area contributed by atoms with Gasteiger partial charge in [-0.25, -0.2) is 0 Å². The van der Waals surface area contributed by atoms with Gasteiger partial charge in [0.1, 0.15) is 0 Å². The first-order valence-electron chi connectivity index (χ1n) is 0. The van der Waals surface area contributed by atoms with E-state index in [0.29, 0.717) is 0 Å². The number of hydrogen-bond acceptors (Lipinski definition) is 0. The third kappa shape index (κ3) is 15.1. The summed E-state index contributed by atoms with van der Waals surface area (Å²) in [5, 5.41) is 0. The first-order valence-corrected chi connectivity index (χ1v) is 0. The van der Waals surface area contributed by atoms with Crippen LogP contribution in [0.1, 0.15) is 0 Å². The van der Waals surface area contributed by atoms with Gasteiger partial charge in [0.25, 0.3) is 0 Å². The van der Waals surface area contributed by atoms with E-state index in [1.54, 1.807) is 0 Å². The number of rotatable bonds is 0. The summed E-state index contributed by atoms with van der Waals surface area (Å²) >= 11 is 0. The molecule has 2 radical (unpaired) electrons. The van der Waals surface area contributed by atoms with Crippen molar-refractivity contribution in [3.8, 4) is 0 Å². The number of halogens is 2. The Kier molecular flexibility index (Phi) is 1540. The standard InChI is InChI=1S/2FH.H2O.Pb/h2*1H;1H2;/q;;;+2/p-2. The van der Waals surface area contributed by atoms with E-state index in [0.717, 1.165) is 0 Å². The van der Waals surface area contributed by atoms with Gasteiger partial charge >= 0.3 is 27.3 Å². The third-order valence-electron chi connectivity index (χ3n) is 0. The molecule has 1 nitrogen and oxygen atoms in total. The van der Waals surface area contributed by atoms with Gasteiger partial charge in [-0.1, -0.05) is 0 Å². The molecule has 0 aromatic heterocycles. The zero-order valence-corrected chi connectivity index (χ0v) is 5.64. The smallest absolute Gasteiger partial charge is 1.00 e. The first-order chi connectivity index (χ1) is 0. The summed E-state index contributed by atoms with van der Waals surface area (Å²) in [6, 6.07) is 0. The zero-order chi connectivity index (χ0) is 0. The molecule has 0 rings (SSSR count). The summed E-state index contributed by atoms with van der Waals surface area (Å²) in [7, 11) is 0. The van der Waals surface area contributed by atoms with Crippen LogP contribution in [0.2, 0.25) is 0 Å². The summed E-state index contributed by atoms with van der Waals surface area (Å²) in [4.78, 5) is 0. The first kappa shape index (κ1) is 121. The van der Waals surface area contributed by atoms with Crippen LogP contribution in [0.25, 0.3) is 0 Å². The van der Waals surface area contributed by atoms with Crippen molar-refractivity contribution in [2.75, 3.05) is 0 Å². The fourth-order valence-corrected chi connectivity index (χ4v) is 0. The summed E-state index contributed by atoms with van der Waals surface area (Å²) in [6.45, 7) is 0. The minimum Gasteiger partial charge on any atom is -1.00 e. The number of hydrogen-bond donors (Lipinski definition) is 0. The minimum atomic E-state index is 0. The van der Waals surface area contributed by atoms with Crippen molar-refractivity contribution < 1.29 is 14.9 Å². The average molecular weight is 263 g/mol. The summed E-state index contributed by atoms with van der Waals surface area (Å²) in [5.74, 6) is 0. The Labute approximate surface area is 42.6 Å². The molecule has 26 valence electrons. The van der Waals surface area contributed by atoms with E-state index in [2.05, 4.69) is 0 Å². The van der Waals surface area contributed by atoms with E-state index < -0.39 is 0 Å². The van der Waals surface area contributed by atoms with Gasteiger partial charge < -0.3 is 14.9 Å². The van der Waals surface area contributed by atoms with Crippen LogP contribution in [0.4, 0.5) is 0 Å². The second kappa shape index (κ2) is 51.1. The largest absolute Gasteiger partial charge is 2.00 e. The van der Waals surface area contributed by atoms with Gasteiger partial charge in [-0.15, -0.1) is 0 Å². The summed E-state index contributed by atoms with van der Waals surface area (Å²) in [5.41, 5.74) is 0. The topological polar surface area (TPSA) is 31.5 Å². The van der Waals surface area contributed by atoms with Crippen molar-refractivity contribution in [1.82, 2.24) is 0 Å². The van der Waals surface area contributed by atoms with Gasteiger partial charge in [-0.05, 0) is 0 Å². The minimum absolute atomic E-state index is 0. The molecule has 0 aromatic carbocycles. The van der Waals surface area contributed by atoms with Crippen molar-refractivity contribution in [2.45, 2.75) is 0 Å². The molecule has 0 aliphatic carbocycles. The maximum atomic E-state index is 0. The van der Waals surface area contributed by atoms with Crippen LogP contribution in [-0.4, -0.2) is 32.8 Å². The molecule has 2 N–H and O–H groups in total. The Balaban J connectivity index is 0. The van der Waals surface area contributed by atoms with Gasteiger partial charge in [0, 0.05) is 0 Å². The Morgan fingerprint density at radius 2 is 0.750 bits per heavy atom. The summed E-state index contributed by atoms with van der Waals surface area (Å²) in [6.07, 6.45) is 0. The predicted octanol–water partition coefficient (Wildman–Crippen LogP) is -7.20. The zero-order valence-electron chi connectivity index (χ0n) is 1.76. The van der Waals surface area contributed by atoms with Crippen molar-refractivity contribution in [1.29, 1.82) is 0 Å². The monoisotopic (exact) mass is 264 g/mol. The fraction of sp³-hybridized carbons (Fsp3) is 0. The molecule has 0 saturated heterocycles. The average Bonchev–Trinajstić information content (AvgIpc) is 0. The molecule has 0 amide bonds. The van der Waals surface area contributed by atoms with Gasteiger partial charge in [0.05, 0.1) is 0 Å². The van der Waals surface area contributed by atoms with Crippen LogP contribution in [0.3, 0.4) is 0 Å². The molecular weight excluding hydrogens is 261 g/mol. The van der Waals surface area contributed by atoms with Crippen molar-refractivity contribution in [2.24, 2.45) is 0 Å². The molecule has 0 unspecified atom stereocenters. The van der Waals surface area contributed by atoms with Gasteiger partial charge in [-0.3, -0.25) is 0 Å². The second-order valence-corrected chi connectivity index (χ2v) is 0. The van der Waals surface area contributed by atoms with Gasteiger partial charge in [0.15, 0.2) is 0 Å². The van der Waals surface area contributed by atoms with Crippen LogP contribution in [0, 0.1) is 0 Å². The molecule has 4 heteroatoms. The maximum absolute atomic E-state index is 0. The molecule has 0 bridgehead atoms. The van der Waals surface area contributed by atoms with Crippen LogP contribution in [0.5, 0.6) is 0 Å². The van der Waals surface area contributed by atoms with Crippen LogP contribution in [0.15, 0.2) is 0 Å². The van der Waals surface area contributed by atoms with E-state index in [-0.39, 0.29) is 42.2 Å². The molecule has 0 fully saturated rings. The Morgan fingerprint density at radius 1 is 0.750 bits per heavy atom. The van der Waals surface area contributed by atoms with Gasteiger partial charge in [-0.2, -0.15) is 0 Å². The molecule has 0 spiro atoms. The molecule has 4 heavy (non-hydrogen) atoms. The molecule has 0 saturated carbocycles. The predicted molar refractivity (Wildman–Crippen MR) is 9.37 cm³/mol. The third-order valence-corrected chi connectivity index (χ3v) is 0. The Morgan fingerprint density at radius 3 is 0.750 bits per heavy atom. The van der Waals surface area contributed by atoms with Crippen molar-refractivity contribution in [3.05, 3.63) is 0 Å². The van der Waals surface area contributed by atoms with E-state index in [1.165, 1.54) is 0 Å². The van der Waals surface area contributed by atoms with E-state index in [9.17, 15) is 0 Å². The van der Waals surface area contributed by atoms with E-state index in [1.807, 2.05) is 0 Å². The SMILES string of the molecule is O.[F-].[F-].[Pb+2]. The maximum Gasteiger partial charge on any atom is 2.00 e.